The van der Waals surface area contributed by atoms with Crippen LogP contribution in [0.15, 0.2) is 88.1 Å². The monoisotopic (exact) mass is 628 g/mol. The number of benzene rings is 3. The number of nitrogens with zero attached hydrogens (tertiary/aromatic N) is 2. The number of esters is 1. The van der Waals surface area contributed by atoms with Crippen molar-refractivity contribution < 1.29 is 33.3 Å². The molecule has 0 amide bonds. The molecule has 1 unspecified atom stereocenters. The van der Waals surface area contributed by atoms with E-state index < -0.39 is 23.1 Å². The van der Waals surface area contributed by atoms with Gasteiger partial charge < -0.3 is 33.4 Å². The van der Waals surface area contributed by atoms with Gasteiger partial charge in [0.05, 0.1) is 46.8 Å². The quantitative estimate of drug-likeness (QED) is 0.203. The number of ether oxygens (including phenoxy) is 4. The summed E-state index contributed by atoms with van der Waals surface area (Å²) in [5.41, 5.74) is 2.37. The van der Waals surface area contributed by atoms with Crippen molar-refractivity contribution >= 4 is 11.7 Å². The molecule has 1 saturated heterocycles. The smallest absolute Gasteiger partial charge is 0.306 e. The molecule has 1 N–H and O–H groups in total. The first-order chi connectivity index (χ1) is 22.4. The molecule has 1 aliphatic rings. The Morgan fingerprint density at radius 3 is 2.07 bits per heavy atom. The predicted molar refractivity (Wildman–Crippen MR) is 174 cm³/mol. The second-order valence-electron chi connectivity index (χ2n) is 11.1. The van der Waals surface area contributed by atoms with Crippen LogP contribution < -0.4 is 24.5 Å². The van der Waals surface area contributed by atoms with Crippen molar-refractivity contribution in [3.05, 3.63) is 112 Å². The summed E-state index contributed by atoms with van der Waals surface area (Å²) in [5, 5.41) is 10.8. The molecule has 0 bridgehead atoms. The van der Waals surface area contributed by atoms with Crippen LogP contribution in [0.25, 0.3) is 0 Å². The van der Waals surface area contributed by atoms with Crippen LogP contribution in [0.5, 0.6) is 23.0 Å². The third-order valence-corrected chi connectivity index (χ3v) is 8.21. The van der Waals surface area contributed by atoms with Crippen LogP contribution >= 0.6 is 0 Å². The molecule has 0 aliphatic carbocycles. The van der Waals surface area contributed by atoms with E-state index in [0.717, 1.165) is 55.3 Å². The second kappa shape index (κ2) is 15.4. The molecule has 242 valence electrons. The lowest BCUT2D eigenvalue weighted by Gasteiger charge is -2.36. The van der Waals surface area contributed by atoms with Crippen LogP contribution in [0.3, 0.4) is 0 Å². The molecule has 1 aliphatic heterocycles. The predicted octanol–water partition coefficient (Wildman–Crippen LogP) is 5.00. The van der Waals surface area contributed by atoms with Crippen LogP contribution in [0, 0.1) is 0 Å². The topological polar surface area (TPSA) is 111 Å². The lowest BCUT2D eigenvalue weighted by atomic mass is 9.92. The minimum Gasteiger partial charge on any atom is -0.502 e. The molecule has 2 heterocycles. The molecule has 3 aromatic carbocycles. The Labute approximate surface area is 268 Å². The van der Waals surface area contributed by atoms with E-state index in [1.165, 1.54) is 13.2 Å². The standard InChI is InChI=1S/C36H40N2O8/c1-42-28-10-4-25(5-11-28)16-21-45-30-12-6-26(7-13-30)32(23-34(40)44-3)36-35(41)33(39)22-31(46-36)24-37-17-19-38(20-18-37)27-8-14-29(43-2)15-9-27/h4-15,22,32,41H,16-21,23-24H2,1-3H3. The number of hydrogen-bond acceptors (Lipinski definition) is 10. The third-order valence-electron chi connectivity index (χ3n) is 8.21. The highest BCUT2D eigenvalue weighted by molar-refractivity contribution is 5.71. The first-order valence-electron chi connectivity index (χ1n) is 15.3. The summed E-state index contributed by atoms with van der Waals surface area (Å²) in [6.07, 6.45) is 0.605. The summed E-state index contributed by atoms with van der Waals surface area (Å²) in [4.78, 5) is 29.9. The number of hydrogen-bond donors (Lipinski definition) is 1. The van der Waals surface area contributed by atoms with Crippen molar-refractivity contribution in [1.29, 1.82) is 0 Å². The van der Waals surface area contributed by atoms with Gasteiger partial charge >= 0.3 is 5.97 Å². The van der Waals surface area contributed by atoms with E-state index in [1.807, 2.05) is 48.5 Å². The summed E-state index contributed by atoms with van der Waals surface area (Å²) in [6, 6.07) is 24.4. The minimum atomic E-state index is -0.736. The number of aromatic hydroxyl groups is 1. The van der Waals surface area contributed by atoms with E-state index in [0.29, 0.717) is 30.2 Å². The maximum absolute atomic E-state index is 12.9. The molecule has 46 heavy (non-hydrogen) atoms. The Kier molecular flexibility index (Phi) is 10.8. The molecule has 5 rings (SSSR count). The largest absolute Gasteiger partial charge is 0.502 e. The van der Waals surface area contributed by atoms with Gasteiger partial charge in [-0.15, -0.1) is 0 Å². The molecule has 10 heteroatoms. The van der Waals surface area contributed by atoms with Crippen molar-refractivity contribution in [2.24, 2.45) is 0 Å². The van der Waals surface area contributed by atoms with Crippen molar-refractivity contribution in [2.75, 3.05) is 59.0 Å². The third kappa shape index (κ3) is 8.19. The van der Waals surface area contributed by atoms with E-state index in [-0.39, 0.29) is 12.2 Å². The maximum Gasteiger partial charge on any atom is 0.306 e. The minimum absolute atomic E-state index is 0.0398. The van der Waals surface area contributed by atoms with Gasteiger partial charge in [-0.2, -0.15) is 0 Å². The highest BCUT2D eigenvalue weighted by atomic mass is 16.5. The second-order valence-corrected chi connectivity index (χ2v) is 11.1. The average Bonchev–Trinajstić information content (AvgIpc) is 3.10. The average molecular weight is 629 g/mol. The zero-order valence-electron chi connectivity index (χ0n) is 26.4. The normalized spacial score (nSPS) is 14.0. The molecule has 4 aromatic rings. The molecular weight excluding hydrogens is 588 g/mol. The van der Waals surface area contributed by atoms with Crippen molar-refractivity contribution in [3.63, 3.8) is 0 Å². The first kappa shape index (κ1) is 32.4. The van der Waals surface area contributed by atoms with Gasteiger partial charge in [-0.1, -0.05) is 24.3 Å². The Morgan fingerprint density at radius 1 is 0.848 bits per heavy atom. The zero-order chi connectivity index (χ0) is 32.5. The van der Waals surface area contributed by atoms with Crippen LogP contribution in [-0.4, -0.2) is 70.1 Å². The molecule has 0 saturated carbocycles. The Morgan fingerprint density at radius 2 is 1.46 bits per heavy atom. The summed E-state index contributed by atoms with van der Waals surface area (Å²) in [6.45, 7) is 4.01. The Bertz CT molecular complexity index is 1630. The van der Waals surface area contributed by atoms with Crippen LogP contribution in [-0.2, 0) is 22.5 Å². The zero-order valence-corrected chi connectivity index (χ0v) is 26.4. The van der Waals surface area contributed by atoms with Crippen LogP contribution in [0.2, 0.25) is 0 Å². The van der Waals surface area contributed by atoms with Gasteiger partial charge in [0.15, 0.2) is 5.76 Å². The molecule has 0 radical (unpaired) electrons. The molecule has 0 spiro atoms. The highest BCUT2D eigenvalue weighted by Gasteiger charge is 2.27. The van der Waals surface area contributed by atoms with Crippen molar-refractivity contribution in [1.82, 2.24) is 4.90 Å². The van der Waals surface area contributed by atoms with E-state index >= 15 is 0 Å². The SMILES string of the molecule is COC(=O)CC(c1ccc(OCCc2ccc(OC)cc2)cc1)c1oc(CN2CCN(c3ccc(OC)cc3)CC2)cc(=O)c1O. The van der Waals surface area contributed by atoms with E-state index in [4.69, 9.17) is 23.4 Å². The maximum atomic E-state index is 12.9. The number of carbonyl (C=O) groups excluding carboxylic acids is 1. The van der Waals surface area contributed by atoms with Gasteiger partial charge in [0.1, 0.15) is 23.0 Å². The number of methoxy groups -OCH3 is 3. The molecule has 1 fully saturated rings. The highest BCUT2D eigenvalue weighted by Crippen LogP contribution is 2.34. The van der Waals surface area contributed by atoms with Gasteiger partial charge in [-0.05, 0) is 59.7 Å². The molecule has 10 nitrogen and oxygen atoms in total. The van der Waals surface area contributed by atoms with Gasteiger partial charge in [0, 0.05) is 44.4 Å². The summed E-state index contributed by atoms with van der Waals surface area (Å²) < 4.78 is 27.5. The number of anilines is 1. The fourth-order valence-electron chi connectivity index (χ4n) is 5.53. The Hall–Kier alpha value is -4.96. The van der Waals surface area contributed by atoms with E-state index in [9.17, 15) is 14.7 Å². The lowest BCUT2D eigenvalue weighted by Crippen LogP contribution is -2.46. The fourth-order valence-corrected chi connectivity index (χ4v) is 5.53. The fraction of sp³-hybridized carbons (Fsp3) is 0.333. The van der Waals surface area contributed by atoms with Crippen molar-refractivity contribution in [2.45, 2.75) is 25.3 Å². The molecule has 1 aromatic heterocycles. The number of carbonyl (C=O) groups is 1. The van der Waals surface area contributed by atoms with E-state index in [1.54, 1.807) is 38.5 Å². The summed E-state index contributed by atoms with van der Waals surface area (Å²) in [5.74, 6) is 0.993. The number of rotatable bonds is 13. The van der Waals surface area contributed by atoms with Crippen LogP contribution in [0.1, 0.15) is 35.0 Å². The summed E-state index contributed by atoms with van der Waals surface area (Å²) in [7, 11) is 4.59. The van der Waals surface area contributed by atoms with Crippen molar-refractivity contribution in [3.8, 4) is 23.0 Å². The first-order valence-corrected chi connectivity index (χ1v) is 15.3. The molecular formula is C36H40N2O8. The van der Waals surface area contributed by atoms with Gasteiger partial charge in [-0.3, -0.25) is 14.5 Å². The lowest BCUT2D eigenvalue weighted by molar-refractivity contribution is -0.140. The van der Waals surface area contributed by atoms with Gasteiger partial charge in [-0.25, -0.2) is 0 Å². The van der Waals surface area contributed by atoms with Crippen LogP contribution in [0.4, 0.5) is 5.69 Å². The van der Waals surface area contributed by atoms with E-state index in [2.05, 4.69) is 9.80 Å². The number of piperazine rings is 1. The van der Waals surface area contributed by atoms with Gasteiger partial charge in [0.2, 0.25) is 11.2 Å². The van der Waals surface area contributed by atoms with Gasteiger partial charge in [0.25, 0.3) is 0 Å². The summed E-state index contributed by atoms with van der Waals surface area (Å²) >= 11 is 0. The Balaban J connectivity index is 1.26. The molecule has 1 atom stereocenters.